The fraction of sp³-hybridized carbons (Fsp3) is 0.188. The van der Waals surface area contributed by atoms with E-state index in [-0.39, 0.29) is 11.8 Å². The molecule has 0 unspecified atom stereocenters. The average Bonchev–Trinajstić information content (AvgIpc) is 3.37. The number of carbonyl (C=O) groups is 3. The lowest BCUT2D eigenvalue weighted by Crippen LogP contribution is -2.47. The second-order valence-corrected chi connectivity index (χ2v) is 11.5. The van der Waals surface area contributed by atoms with Gasteiger partial charge in [-0.15, -0.1) is 0 Å². The van der Waals surface area contributed by atoms with Gasteiger partial charge >= 0.3 is 0 Å². The Morgan fingerprint density at radius 1 is 0.976 bits per heavy atom. The number of rotatable bonds is 5. The number of piperazine rings is 1. The number of nitrogens with zero attached hydrogens (tertiary/aromatic N) is 3. The number of amides is 3. The van der Waals surface area contributed by atoms with Gasteiger partial charge in [0.15, 0.2) is 0 Å². The number of aromatic amines is 1. The van der Waals surface area contributed by atoms with Crippen LogP contribution in [0.25, 0.3) is 32.9 Å². The molecule has 9 nitrogen and oxygen atoms in total. The van der Waals surface area contributed by atoms with E-state index in [4.69, 9.17) is 5.73 Å². The Morgan fingerprint density at radius 3 is 2.48 bits per heavy atom. The maximum absolute atomic E-state index is 13.3. The number of hydrogen-bond donors (Lipinski definition) is 3. The summed E-state index contributed by atoms with van der Waals surface area (Å²) in [5.41, 5.74) is 11.6. The van der Waals surface area contributed by atoms with Crippen LogP contribution >= 0.6 is 15.9 Å². The van der Waals surface area contributed by atoms with Gasteiger partial charge in [0.1, 0.15) is 5.69 Å². The number of primary amides is 1. The normalized spacial score (nSPS) is 13.9. The number of aromatic nitrogens is 2. The Hall–Kier alpha value is -4.54. The molecule has 2 aromatic heterocycles. The minimum absolute atomic E-state index is 0.0152. The van der Waals surface area contributed by atoms with Crippen LogP contribution in [-0.4, -0.2) is 70.7 Å². The average molecular weight is 626 g/mol. The molecule has 3 amide bonds. The lowest BCUT2D eigenvalue weighted by molar-refractivity contribution is 0.0664. The molecule has 1 saturated heterocycles. The number of nitrogens with one attached hydrogen (secondary N) is 2. The molecule has 1 aliphatic rings. The van der Waals surface area contributed by atoms with Gasteiger partial charge in [-0.05, 0) is 83.0 Å². The lowest BCUT2D eigenvalue weighted by atomic mass is 9.93. The first-order chi connectivity index (χ1) is 20.2. The van der Waals surface area contributed by atoms with Crippen molar-refractivity contribution < 1.29 is 14.4 Å². The first-order valence-electron chi connectivity index (χ1n) is 13.6. The largest absolute Gasteiger partial charge is 0.366 e. The van der Waals surface area contributed by atoms with E-state index in [1.807, 2.05) is 54.3 Å². The number of carbonyl (C=O) groups excluding carboxylic acids is 3. The molecule has 3 aromatic carbocycles. The quantitative estimate of drug-likeness (QED) is 0.248. The minimum atomic E-state index is -0.549. The summed E-state index contributed by atoms with van der Waals surface area (Å²) >= 11 is 3.34. The van der Waals surface area contributed by atoms with Crippen LogP contribution in [0.3, 0.4) is 0 Å². The molecule has 1 fully saturated rings. The molecular formula is C32H29BrN6O3. The molecule has 10 heteroatoms. The SMILES string of the molecule is Cc1c(NC(=O)c2ccc(Br)cn2)cccc1-c1ccc(C(N)=O)c2[nH]c3cc(C(=O)N4CCN(C)CC4)ccc3c12. The van der Waals surface area contributed by atoms with Crippen molar-refractivity contribution >= 4 is 61.1 Å². The van der Waals surface area contributed by atoms with Gasteiger partial charge in [-0.1, -0.05) is 24.3 Å². The van der Waals surface area contributed by atoms with Crippen LogP contribution in [0.2, 0.25) is 0 Å². The molecule has 0 aliphatic carbocycles. The van der Waals surface area contributed by atoms with Crippen molar-refractivity contribution in [3.8, 4) is 11.1 Å². The molecule has 6 rings (SSSR count). The monoisotopic (exact) mass is 624 g/mol. The number of hydrogen-bond acceptors (Lipinski definition) is 5. The summed E-state index contributed by atoms with van der Waals surface area (Å²) in [6.45, 7) is 4.98. The Kier molecular flexibility index (Phi) is 7.26. The summed E-state index contributed by atoms with van der Waals surface area (Å²) in [6, 6.07) is 18.3. The van der Waals surface area contributed by atoms with E-state index < -0.39 is 5.91 Å². The summed E-state index contributed by atoms with van der Waals surface area (Å²) in [4.78, 5) is 50.3. The second kappa shape index (κ2) is 11.0. The van der Waals surface area contributed by atoms with Crippen LogP contribution in [0.1, 0.15) is 36.8 Å². The topological polar surface area (TPSA) is 124 Å². The zero-order chi connectivity index (χ0) is 29.5. The van der Waals surface area contributed by atoms with Gasteiger partial charge in [-0.25, -0.2) is 4.98 Å². The standard InChI is InChI=1S/C32H29BrN6O3/c1-18-21(4-3-5-25(18)37-31(41)26-11-7-20(33)17-35-26)22-9-10-24(30(34)40)29-28(22)23-8-6-19(16-27(23)36-29)32(42)39-14-12-38(2)13-15-39/h3-11,16-17,36H,12-15H2,1-2H3,(H2,34,40)(H,37,41). The van der Waals surface area contributed by atoms with Crippen LogP contribution in [-0.2, 0) is 0 Å². The summed E-state index contributed by atoms with van der Waals surface area (Å²) < 4.78 is 0.787. The van der Waals surface area contributed by atoms with Crippen molar-refractivity contribution in [3.63, 3.8) is 0 Å². The van der Waals surface area contributed by atoms with Gasteiger partial charge in [-0.2, -0.15) is 0 Å². The molecule has 212 valence electrons. The number of nitrogens with two attached hydrogens (primary N) is 1. The van der Waals surface area contributed by atoms with E-state index in [9.17, 15) is 14.4 Å². The Labute approximate surface area is 250 Å². The number of benzene rings is 3. The maximum atomic E-state index is 13.3. The Morgan fingerprint density at radius 2 is 1.76 bits per heavy atom. The molecule has 0 spiro atoms. The Bertz CT molecular complexity index is 1870. The molecule has 4 N–H and O–H groups in total. The second-order valence-electron chi connectivity index (χ2n) is 10.5. The molecule has 0 atom stereocenters. The summed E-state index contributed by atoms with van der Waals surface area (Å²) in [7, 11) is 2.05. The molecule has 1 aliphatic heterocycles. The van der Waals surface area contributed by atoms with E-state index in [2.05, 4.69) is 43.2 Å². The van der Waals surface area contributed by atoms with E-state index in [1.165, 1.54) is 0 Å². The fourth-order valence-electron chi connectivity index (χ4n) is 5.53. The first kappa shape index (κ1) is 27.6. The van der Waals surface area contributed by atoms with E-state index in [0.29, 0.717) is 41.1 Å². The number of halogens is 1. The van der Waals surface area contributed by atoms with Gasteiger partial charge < -0.3 is 25.8 Å². The smallest absolute Gasteiger partial charge is 0.274 e. The zero-order valence-corrected chi connectivity index (χ0v) is 24.8. The van der Waals surface area contributed by atoms with E-state index in [1.54, 1.807) is 24.4 Å². The molecule has 3 heterocycles. The zero-order valence-electron chi connectivity index (χ0n) is 23.2. The Balaban J connectivity index is 1.43. The van der Waals surface area contributed by atoms with Crippen molar-refractivity contribution in [1.82, 2.24) is 19.8 Å². The van der Waals surface area contributed by atoms with Gasteiger partial charge in [0, 0.05) is 64.4 Å². The predicted molar refractivity (Wildman–Crippen MR) is 168 cm³/mol. The van der Waals surface area contributed by atoms with E-state index >= 15 is 0 Å². The van der Waals surface area contributed by atoms with Crippen molar-refractivity contribution in [1.29, 1.82) is 0 Å². The fourth-order valence-corrected chi connectivity index (χ4v) is 5.76. The van der Waals surface area contributed by atoms with Crippen LogP contribution in [0.4, 0.5) is 5.69 Å². The van der Waals surface area contributed by atoms with Crippen molar-refractivity contribution in [2.75, 3.05) is 38.5 Å². The predicted octanol–water partition coefficient (Wildman–Crippen LogP) is 5.19. The molecule has 5 aromatic rings. The summed E-state index contributed by atoms with van der Waals surface area (Å²) in [5, 5.41) is 4.66. The van der Waals surface area contributed by atoms with Crippen LogP contribution in [0, 0.1) is 6.92 Å². The lowest BCUT2D eigenvalue weighted by Gasteiger charge is -2.32. The number of H-pyrrole nitrogens is 1. The van der Waals surface area contributed by atoms with Crippen LogP contribution in [0.5, 0.6) is 0 Å². The highest BCUT2D eigenvalue weighted by Gasteiger charge is 2.23. The van der Waals surface area contributed by atoms with Crippen molar-refractivity contribution in [2.24, 2.45) is 5.73 Å². The number of pyridine rings is 1. The molecule has 0 radical (unpaired) electrons. The molecule has 0 bridgehead atoms. The highest BCUT2D eigenvalue weighted by Crippen LogP contribution is 2.39. The van der Waals surface area contributed by atoms with Gasteiger partial charge in [0.2, 0.25) is 0 Å². The van der Waals surface area contributed by atoms with Crippen molar-refractivity contribution in [2.45, 2.75) is 6.92 Å². The summed E-state index contributed by atoms with van der Waals surface area (Å²) in [5.74, 6) is -0.883. The number of likely N-dealkylation sites (N-methyl/N-ethyl adjacent to an activating group) is 1. The third-order valence-corrected chi connectivity index (χ3v) is 8.36. The third kappa shape index (κ3) is 5.03. The van der Waals surface area contributed by atoms with Crippen LogP contribution in [0.15, 0.2) is 71.3 Å². The molecule has 0 saturated carbocycles. The highest BCUT2D eigenvalue weighted by atomic mass is 79.9. The first-order valence-corrected chi connectivity index (χ1v) is 14.4. The van der Waals surface area contributed by atoms with E-state index in [0.717, 1.165) is 50.5 Å². The van der Waals surface area contributed by atoms with Gasteiger partial charge in [0.25, 0.3) is 17.7 Å². The minimum Gasteiger partial charge on any atom is -0.366 e. The molecular weight excluding hydrogens is 596 g/mol. The maximum Gasteiger partial charge on any atom is 0.274 e. The third-order valence-electron chi connectivity index (χ3n) is 7.89. The molecule has 42 heavy (non-hydrogen) atoms. The van der Waals surface area contributed by atoms with Crippen LogP contribution < -0.4 is 11.1 Å². The summed E-state index contributed by atoms with van der Waals surface area (Å²) in [6.07, 6.45) is 1.58. The van der Waals surface area contributed by atoms with Crippen molar-refractivity contribution in [3.05, 3.63) is 93.7 Å². The van der Waals surface area contributed by atoms with Gasteiger partial charge in [0.05, 0.1) is 11.1 Å². The van der Waals surface area contributed by atoms with Gasteiger partial charge in [-0.3, -0.25) is 14.4 Å². The number of fused-ring (bicyclic) bond motifs is 3. The number of anilines is 1. The highest BCUT2D eigenvalue weighted by molar-refractivity contribution is 9.10.